The fourth-order valence-corrected chi connectivity index (χ4v) is 3.82. The fraction of sp³-hybridized carbons (Fsp3) is 0.429. The van der Waals surface area contributed by atoms with E-state index in [0.29, 0.717) is 11.7 Å². The molecule has 154 valence electrons. The van der Waals surface area contributed by atoms with Gasteiger partial charge in [0.15, 0.2) is 16.6 Å². The van der Waals surface area contributed by atoms with Gasteiger partial charge in [-0.3, -0.25) is 4.98 Å². The topological polar surface area (TPSA) is 60.3 Å². The minimum Gasteiger partial charge on any atom is -0.454 e. The van der Waals surface area contributed by atoms with Crippen LogP contribution in [0.25, 0.3) is 0 Å². The van der Waals surface area contributed by atoms with E-state index in [9.17, 15) is 0 Å². The number of anilines is 1. The lowest BCUT2D eigenvalue weighted by Crippen LogP contribution is -3.14. The summed E-state index contributed by atoms with van der Waals surface area (Å²) in [5.41, 5.74) is 2.11. The molecule has 0 atom stereocenters. The van der Waals surface area contributed by atoms with Gasteiger partial charge in [-0.2, -0.15) is 0 Å². The molecular formula is C21H27N4O3S+. The van der Waals surface area contributed by atoms with Crippen LogP contribution in [0.1, 0.15) is 12.0 Å². The monoisotopic (exact) mass is 415 g/mol. The molecule has 0 unspecified atom stereocenters. The van der Waals surface area contributed by atoms with Crippen molar-refractivity contribution in [3.8, 4) is 11.5 Å². The summed E-state index contributed by atoms with van der Waals surface area (Å²) >= 11 is 5.75. The van der Waals surface area contributed by atoms with Crippen LogP contribution in [0.5, 0.6) is 11.5 Å². The predicted octanol–water partition coefficient (Wildman–Crippen LogP) is 0.997. The lowest BCUT2D eigenvalue weighted by Gasteiger charge is -2.27. The highest BCUT2D eigenvalue weighted by molar-refractivity contribution is 7.80. The predicted molar refractivity (Wildman–Crippen MR) is 115 cm³/mol. The zero-order valence-corrected chi connectivity index (χ0v) is 17.2. The Morgan fingerprint density at radius 3 is 2.72 bits per heavy atom. The van der Waals surface area contributed by atoms with Crippen molar-refractivity contribution in [2.24, 2.45) is 0 Å². The molecule has 0 bridgehead atoms. The van der Waals surface area contributed by atoms with Crippen LogP contribution in [0.2, 0.25) is 0 Å². The molecule has 29 heavy (non-hydrogen) atoms. The van der Waals surface area contributed by atoms with Crippen molar-refractivity contribution in [3.05, 3.63) is 48.3 Å². The number of rotatable bonds is 7. The van der Waals surface area contributed by atoms with Crippen LogP contribution in [0.3, 0.4) is 0 Å². The molecule has 1 aromatic carbocycles. The normalized spacial score (nSPS) is 15.9. The molecule has 3 heterocycles. The van der Waals surface area contributed by atoms with Crippen molar-refractivity contribution < 1.29 is 19.1 Å². The summed E-state index contributed by atoms with van der Waals surface area (Å²) in [6.07, 6.45) is 4.67. The molecule has 1 aromatic heterocycles. The van der Waals surface area contributed by atoms with Gasteiger partial charge in [0.1, 0.15) is 13.1 Å². The average Bonchev–Trinajstić information content (AvgIpc) is 3.24. The Hall–Kier alpha value is -2.42. The number of pyridine rings is 1. The third-order valence-corrected chi connectivity index (χ3v) is 5.55. The molecule has 1 saturated heterocycles. The van der Waals surface area contributed by atoms with Gasteiger partial charge < -0.3 is 29.3 Å². The van der Waals surface area contributed by atoms with E-state index in [1.54, 1.807) is 17.3 Å². The number of hydrogen-bond donors (Lipinski definition) is 2. The molecule has 0 aliphatic carbocycles. The summed E-state index contributed by atoms with van der Waals surface area (Å²) in [6, 6.07) is 9.94. The summed E-state index contributed by atoms with van der Waals surface area (Å²) in [6.45, 7) is 6.81. The summed E-state index contributed by atoms with van der Waals surface area (Å²) in [5, 5.41) is 4.14. The van der Waals surface area contributed by atoms with Gasteiger partial charge in [0.2, 0.25) is 6.79 Å². The minimum atomic E-state index is 0.260. The third-order valence-electron chi connectivity index (χ3n) is 5.19. The standard InChI is InChI=1S/C21H26N4O3S/c29-21(23-6-1-9-24-10-12-26-13-11-24)25(15-17-4-7-22-8-5-17)18-2-3-19-20(14-18)28-16-27-19/h2-5,7-8,14H,1,6,9-13,15-16H2,(H,23,29)/p+1. The van der Waals surface area contributed by atoms with Gasteiger partial charge in [-0.15, -0.1) is 0 Å². The summed E-state index contributed by atoms with van der Waals surface area (Å²) < 4.78 is 16.4. The third kappa shape index (κ3) is 5.35. The Bertz CT molecular complexity index is 815. The number of benzene rings is 1. The van der Waals surface area contributed by atoms with Crippen molar-refractivity contribution in [1.82, 2.24) is 10.3 Å². The molecule has 1 fully saturated rings. The zero-order valence-electron chi connectivity index (χ0n) is 16.4. The molecular weight excluding hydrogens is 388 g/mol. The molecule has 2 N–H and O–H groups in total. The van der Waals surface area contributed by atoms with Crippen LogP contribution in [0.15, 0.2) is 42.7 Å². The van der Waals surface area contributed by atoms with Crippen molar-refractivity contribution >= 4 is 23.0 Å². The smallest absolute Gasteiger partial charge is 0.231 e. The molecule has 2 aromatic rings. The van der Waals surface area contributed by atoms with Crippen LogP contribution in [-0.4, -0.2) is 56.3 Å². The summed E-state index contributed by atoms with van der Waals surface area (Å²) in [7, 11) is 0. The number of quaternary nitrogens is 1. The summed E-state index contributed by atoms with van der Waals surface area (Å²) in [4.78, 5) is 7.80. The molecule has 2 aliphatic heterocycles. The minimum absolute atomic E-state index is 0.260. The first-order valence-corrected chi connectivity index (χ1v) is 10.5. The van der Waals surface area contributed by atoms with E-state index >= 15 is 0 Å². The number of thiocarbonyl (C=S) groups is 1. The number of nitrogens with zero attached hydrogens (tertiary/aromatic N) is 2. The number of ether oxygens (including phenoxy) is 3. The Morgan fingerprint density at radius 1 is 1.10 bits per heavy atom. The van der Waals surface area contributed by atoms with Crippen molar-refractivity contribution in [1.29, 1.82) is 0 Å². The highest BCUT2D eigenvalue weighted by Crippen LogP contribution is 2.35. The highest BCUT2D eigenvalue weighted by atomic mass is 32.1. The van der Waals surface area contributed by atoms with Crippen LogP contribution < -0.4 is 24.6 Å². The van der Waals surface area contributed by atoms with E-state index in [-0.39, 0.29) is 6.79 Å². The maximum Gasteiger partial charge on any atom is 0.231 e. The lowest BCUT2D eigenvalue weighted by molar-refractivity contribution is -0.908. The maximum atomic E-state index is 5.75. The molecule has 7 nitrogen and oxygen atoms in total. The molecule has 0 saturated carbocycles. The number of aromatic nitrogens is 1. The SMILES string of the molecule is S=C(NCCC[NH+]1CCOCC1)N(Cc1ccncc1)c1ccc2c(c1)OCO2. The van der Waals surface area contributed by atoms with E-state index in [1.807, 2.05) is 30.3 Å². The second kappa shape index (κ2) is 9.87. The zero-order chi connectivity index (χ0) is 19.9. The van der Waals surface area contributed by atoms with E-state index in [2.05, 4.69) is 15.2 Å². The molecule has 8 heteroatoms. The second-order valence-corrected chi connectivity index (χ2v) is 7.56. The van der Waals surface area contributed by atoms with Crippen molar-refractivity contribution in [3.63, 3.8) is 0 Å². The van der Waals surface area contributed by atoms with Crippen LogP contribution in [0.4, 0.5) is 5.69 Å². The highest BCUT2D eigenvalue weighted by Gasteiger charge is 2.19. The van der Waals surface area contributed by atoms with E-state index in [4.69, 9.17) is 26.4 Å². The molecule has 2 aliphatic rings. The maximum absolute atomic E-state index is 5.75. The first kappa shape index (κ1) is 19.9. The Balaban J connectivity index is 1.39. The fourth-order valence-electron chi connectivity index (χ4n) is 3.54. The first-order chi connectivity index (χ1) is 14.3. The quantitative estimate of drug-likeness (QED) is 0.517. The molecule has 0 spiro atoms. The van der Waals surface area contributed by atoms with Gasteiger partial charge >= 0.3 is 0 Å². The van der Waals surface area contributed by atoms with Crippen LogP contribution in [-0.2, 0) is 11.3 Å². The molecule has 0 radical (unpaired) electrons. The van der Waals surface area contributed by atoms with E-state index in [0.717, 1.165) is 68.6 Å². The van der Waals surface area contributed by atoms with E-state index in [1.165, 1.54) is 0 Å². The summed E-state index contributed by atoms with van der Waals surface area (Å²) in [5.74, 6) is 1.52. The molecule has 0 amide bonds. The van der Waals surface area contributed by atoms with Crippen molar-refractivity contribution in [2.45, 2.75) is 13.0 Å². The largest absolute Gasteiger partial charge is 0.454 e. The first-order valence-electron chi connectivity index (χ1n) is 10.0. The van der Waals surface area contributed by atoms with Gasteiger partial charge in [0, 0.05) is 37.1 Å². The van der Waals surface area contributed by atoms with Crippen molar-refractivity contribution in [2.75, 3.05) is 51.1 Å². The van der Waals surface area contributed by atoms with Gasteiger partial charge in [-0.1, -0.05) is 0 Å². The van der Waals surface area contributed by atoms with Crippen LogP contribution >= 0.6 is 12.2 Å². The van der Waals surface area contributed by atoms with E-state index < -0.39 is 0 Å². The Kier molecular flexibility index (Phi) is 6.76. The Morgan fingerprint density at radius 2 is 1.90 bits per heavy atom. The van der Waals surface area contributed by atoms with Gasteiger partial charge in [0.25, 0.3) is 0 Å². The number of fused-ring (bicyclic) bond motifs is 1. The number of nitrogens with one attached hydrogen (secondary N) is 2. The number of hydrogen-bond acceptors (Lipinski definition) is 5. The Labute approximate surface area is 176 Å². The second-order valence-electron chi connectivity index (χ2n) is 7.18. The van der Waals surface area contributed by atoms with Gasteiger partial charge in [-0.25, -0.2) is 0 Å². The number of morpholine rings is 1. The molecule has 4 rings (SSSR count). The van der Waals surface area contributed by atoms with Gasteiger partial charge in [0.05, 0.1) is 26.3 Å². The van der Waals surface area contributed by atoms with Crippen LogP contribution in [0, 0.1) is 0 Å². The lowest BCUT2D eigenvalue weighted by atomic mass is 10.2. The average molecular weight is 416 g/mol. The van der Waals surface area contributed by atoms with Gasteiger partial charge in [-0.05, 0) is 42.0 Å².